The lowest BCUT2D eigenvalue weighted by Gasteiger charge is -2.42. The highest BCUT2D eigenvalue weighted by molar-refractivity contribution is 8.03. The summed E-state index contributed by atoms with van der Waals surface area (Å²) in [4.78, 5) is 27.6. The molecule has 8 heteroatoms. The summed E-state index contributed by atoms with van der Waals surface area (Å²) < 4.78 is 0. The Morgan fingerprint density at radius 1 is 1.21 bits per heavy atom. The van der Waals surface area contributed by atoms with Crippen LogP contribution in [-0.2, 0) is 4.79 Å². The summed E-state index contributed by atoms with van der Waals surface area (Å²) in [5.74, 6) is -0.137. The largest absolute Gasteiger partial charge is 0.344 e. The number of nitro groups is 1. The summed E-state index contributed by atoms with van der Waals surface area (Å²) in [6.45, 7) is 2.38. The van der Waals surface area contributed by atoms with Crippen LogP contribution in [0.1, 0.15) is 23.5 Å². The molecule has 0 radical (unpaired) electrons. The van der Waals surface area contributed by atoms with Crippen LogP contribution in [0, 0.1) is 28.4 Å². The number of carbonyl (C=O) groups excluding carboxylic acids is 1. The fraction of sp³-hybridized carbons (Fsp3) is 0.238. The van der Waals surface area contributed by atoms with Crippen LogP contribution < -0.4 is 4.90 Å². The van der Waals surface area contributed by atoms with Gasteiger partial charge >= 0.3 is 0 Å². The molecule has 1 saturated heterocycles. The van der Waals surface area contributed by atoms with E-state index < -0.39 is 10.8 Å². The lowest BCUT2D eigenvalue weighted by atomic mass is 9.85. The predicted octanol–water partition coefficient (Wildman–Crippen LogP) is 4.12. The number of carbonyl (C=O) groups is 1. The molecule has 1 fully saturated rings. The number of aryl methyl sites for hydroxylation is 1. The van der Waals surface area contributed by atoms with E-state index in [4.69, 9.17) is 0 Å². The van der Waals surface area contributed by atoms with Crippen LogP contribution in [0.15, 0.2) is 59.1 Å². The Kier molecular flexibility index (Phi) is 4.99. The first-order valence-corrected chi connectivity index (χ1v) is 10.1. The molecule has 0 spiro atoms. The Morgan fingerprint density at radius 3 is 2.62 bits per heavy atom. The molecule has 2 aromatic carbocycles. The van der Waals surface area contributed by atoms with E-state index in [0.29, 0.717) is 28.7 Å². The van der Waals surface area contributed by atoms with Gasteiger partial charge in [-0.2, -0.15) is 5.26 Å². The van der Waals surface area contributed by atoms with Gasteiger partial charge in [0.1, 0.15) is 0 Å². The lowest BCUT2D eigenvalue weighted by Crippen LogP contribution is -2.47. The first-order valence-electron chi connectivity index (χ1n) is 9.12. The second kappa shape index (κ2) is 7.60. The Hall–Kier alpha value is -3.31. The zero-order chi connectivity index (χ0) is 20.5. The molecule has 1 atom stereocenters. The van der Waals surface area contributed by atoms with Crippen molar-refractivity contribution in [1.29, 1.82) is 5.26 Å². The molecule has 0 N–H and O–H groups in total. The first-order chi connectivity index (χ1) is 14.0. The number of nitro benzene ring substituents is 1. The maximum absolute atomic E-state index is 13.0. The zero-order valence-electron chi connectivity index (χ0n) is 15.7. The van der Waals surface area contributed by atoms with E-state index in [1.807, 2.05) is 31.2 Å². The van der Waals surface area contributed by atoms with Crippen molar-refractivity contribution in [3.63, 3.8) is 0 Å². The number of benzene rings is 2. The number of thioether (sulfide) groups is 1. The molecule has 1 amide bonds. The van der Waals surface area contributed by atoms with E-state index >= 15 is 0 Å². The minimum Gasteiger partial charge on any atom is -0.344 e. The van der Waals surface area contributed by atoms with Crippen LogP contribution in [0.4, 0.5) is 11.4 Å². The quantitative estimate of drug-likeness (QED) is 0.562. The van der Waals surface area contributed by atoms with Crippen LogP contribution in [0.2, 0.25) is 0 Å². The minimum absolute atomic E-state index is 0.0412. The average Bonchev–Trinajstić information content (AvgIpc) is 2.74. The van der Waals surface area contributed by atoms with E-state index in [9.17, 15) is 20.2 Å². The van der Waals surface area contributed by atoms with E-state index in [-0.39, 0.29) is 18.0 Å². The summed E-state index contributed by atoms with van der Waals surface area (Å²) in [5, 5.41) is 21.9. The van der Waals surface area contributed by atoms with Gasteiger partial charge in [-0.3, -0.25) is 19.8 Å². The Bertz CT molecular complexity index is 1060. The number of nitriles is 1. The van der Waals surface area contributed by atoms with Gasteiger partial charge in [-0.15, -0.1) is 0 Å². The third-order valence-electron chi connectivity index (χ3n) is 5.20. The fourth-order valence-corrected chi connectivity index (χ4v) is 4.86. The molecule has 2 aliphatic heterocycles. The number of anilines is 1. The van der Waals surface area contributed by atoms with Gasteiger partial charge in [0.25, 0.3) is 5.69 Å². The highest BCUT2D eigenvalue weighted by atomic mass is 32.2. The van der Waals surface area contributed by atoms with Gasteiger partial charge in [0.2, 0.25) is 5.91 Å². The standard InChI is InChI=1S/C21H18N4O3S/c1-14-6-8-15(9-7-14)23-12-24-20(26)10-17(18(11-22)21(24)29-13-23)16-4-2-3-5-19(16)25(27)28/h2-9,17H,10,12-13H2,1H3/t17-/m1/s1. The van der Waals surface area contributed by atoms with Gasteiger partial charge in [-0.05, 0) is 19.1 Å². The zero-order valence-corrected chi connectivity index (χ0v) is 16.6. The van der Waals surface area contributed by atoms with Crippen molar-refractivity contribution >= 4 is 29.0 Å². The first kappa shape index (κ1) is 19.0. The molecule has 2 aromatic rings. The molecular formula is C21H18N4O3S. The van der Waals surface area contributed by atoms with Crippen molar-refractivity contribution < 1.29 is 9.72 Å². The smallest absolute Gasteiger partial charge is 0.273 e. The van der Waals surface area contributed by atoms with E-state index in [1.165, 1.54) is 17.8 Å². The maximum Gasteiger partial charge on any atom is 0.273 e. The molecular weight excluding hydrogens is 388 g/mol. The lowest BCUT2D eigenvalue weighted by molar-refractivity contribution is -0.385. The third-order valence-corrected chi connectivity index (χ3v) is 6.36. The van der Waals surface area contributed by atoms with Crippen molar-refractivity contribution in [2.75, 3.05) is 17.4 Å². The summed E-state index contributed by atoms with van der Waals surface area (Å²) in [7, 11) is 0. The molecule has 29 heavy (non-hydrogen) atoms. The van der Waals surface area contributed by atoms with E-state index in [1.54, 1.807) is 23.1 Å². The second-order valence-electron chi connectivity index (χ2n) is 7.02. The number of para-hydroxylation sites is 1. The molecule has 2 heterocycles. The van der Waals surface area contributed by atoms with Gasteiger partial charge in [0, 0.05) is 29.7 Å². The van der Waals surface area contributed by atoms with Gasteiger partial charge in [0.05, 0.1) is 34.1 Å². The molecule has 7 nitrogen and oxygen atoms in total. The Balaban J connectivity index is 1.70. The Labute approximate surface area is 172 Å². The van der Waals surface area contributed by atoms with Gasteiger partial charge in [-0.25, -0.2) is 0 Å². The van der Waals surface area contributed by atoms with E-state index in [0.717, 1.165) is 11.3 Å². The monoisotopic (exact) mass is 406 g/mol. The maximum atomic E-state index is 13.0. The van der Waals surface area contributed by atoms with Crippen LogP contribution >= 0.6 is 11.8 Å². The van der Waals surface area contributed by atoms with Crippen molar-refractivity contribution in [2.45, 2.75) is 19.3 Å². The van der Waals surface area contributed by atoms with Crippen LogP contribution in [-0.4, -0.2) is 28.3 Å². The number of fused-ring (bicyclic) bond motifs is 1. The molecule has 2 aliphatic rings. The number of allylic oxidation sites excluding steroid dienone is 1. The molecule has 4 rings (SSSR count). The minimum atomic E-state index is -0.598. The van der Waals surface area contributed by atoms with Gasteiger partial charge in [-0.1, -0.05) is 47.7 Å². The molecule has 146 valence electrons. The summed E-state index contributed by atoms with van der Waals surface area (Å²) in [6, 6.07) is 16.6. The Morgan fingerprint density at radius 2 is 1.93 bits per heavy atom. The van der Waals surface area contributed by atoms with Gasteiger partial charge < -0.3 is 4.90 Å². The number of rotatable bonds is 3. The van der Waals surface area contributed by atoms with Crippen LogP contribution in [0.25, 0.3) is 0 Å². The highest BCUT2D eigenvalue weighted by Crippen LogP contribution is 2.45. The summed E-state index contributed by atoms with van der Waals surface area (Å²) >= 11 is 1.42. The van der Waals surface area contributed by atoms with E-state index in [2.05, 4.69) is 11.0 Å². The van der Waals surface area contributed by atoms with Crippen LogP contribution in [0.5, 0.6) is 0 Å². The van der Waals surface area contributed by atoms with Crippen molar-refractivity contribution in [3.8, 4) is 6.07 Å². The number of hydrogen-bond acceptors (Lipinski definition) is 6. The second-order valence-corrected chi connectivity index (χ2v) is 7.95. The average molecular weight is 406 g/mol. The number of amides is 1. The molecule has 0 unspecified atom stereocenters. The highest BCUT2D eigenvalue weighted by Gasteiger charge is 2.40. The molecule has 0 saturated carbocycles. The SMILES string of the molecule is Cc1ccc(N2CSC3=C(C#N)[C@@H](c4ccccc4[N+](=O)[O-])CC(=O)N3C2)cc1. The van der Waals surface area contributed by atoms with Crippen molar-refractivity contribution in [2.24, 2.45) is 0 Å². The fourth-order valence-electron chi connectivity index (χ4n) is 3.70. The molecule has 0 aromatic heterocycles. The molecule has 0 aliphatic carbocycles. The van der Waals surface area contributed by atoms with Crippen molar-refractivity contribution in [1.82, 2.24) is 4.90 Å². The summed E-state index contributed by atoms with van der Waals surface area (Å²) in [6.07, 6.45) is 0.0412. The topological polar surface area (TPSA) is 90.5 Å². The predicted molar refractivity (Wildman–Crippen MR) is 111 cm³/mol. The third kappa shape index (κ3) is 3.45. The van der Waals surface area contributed by atoms with Gasteiger partial charge in [0.15, 0.2) is 0 Å². The van der Waals surface area contributed by atoms with Crippen LogP contribution in [0.3, 0.4) is 0 Å². The summed E-state index contributed by atoms with van der Waals surface area (Å²) in [5.41, 5.74) is 2.94. The van der Waals surface area contributed by atoms with Crippen molar-refractivity contribution in [3.05, 3.63) is 80.4 Å². The number of nitrogens with zero attached hydrogens (tertiary/aromatic N) is 4. The normalized spacial score (nSPS) is 19.0. The molecule has 0 bridgehead atoms. The number of hydrogen-bond donors (Lipinski definition) is 0.